The van der Waals surface area contributed by atoms with Crippen LogP contribution >= 0.6 is 11.8 Å². The fourth-order valence-electron chi connectivity index (χ4n) is 3.81. The molecule has 2 rings (SSSR count). The Labute approximate surface area is 128 Å². The fourth-order valence-corrected chi connectivity index (χ4v) is 4.66. The van der Waals surface area contributed by atoms with Gasteiger partial charge in [0.1, 0.15) is 0 Å². The van der Waals surface area contributed by atoms with E-state index < -0.39 is 0 Å². The van der Waals surface area contributed by atoms with Crippen LogP contribution in [0.15, 0.2) is 0 Å². The summed E-state index contributed by atoms with van der Waals surface area (Å²) in [6.45, 7) is 2.18. The zero-order valence-corrected chi connectivity index (χ0v) is 14.0. The molecule has 2 fully saturated rings. The minimum Gasteiger partial charge on any atom is -0.341 e. The number of likely N-dealkylation sites (N-methyl/N-ethyl adjacent to an activating group) is 1. The number of fused-ring (bicyclic) bond motifs is 1. The molecule has 4 heteroatoms. The van der Waals surface area contributed by atoms with E-state index in [1.807, 2.05) is 23.7 Å². The highest BCUT2D eigenvalue weighted by molar-refractivity contribution is 7.98. The standard InChI is InChI=1S/C16H30N2OS/c1-4-13(11-20-3)18(2)16(19)15-10-9-12-7-5-6-8-14(12)17-15/h12-15,17H,4-11H2,1-3H3. The molecule has 3 nitrogen and oxygen atoms in total. The van der Waals surface area contributed by atoms with E-state index in [0.29, 0.717) is 18.0 Å². The molecule has 0 aromatic rings. The highest BCUT2D eigenvalue weighted by Crippen LogP contribution is 2.32. The Bertz CT molecular complexity index is 324. The van der Waals surface area contributed by atoms with Gasteiger partial charge in [-0.15, -0.1) is 0 Å². The van der Waals surface area contributed by atoms with Crippen molar-refractivity contribution in [1.82, 2.24) is 10.2 Å². The van der Waals surface area contributed by atoms with Gasteiger partial charge in [0.05, 0.1) is 6.04 Å². The van der Waals surface area contributed by atoms with Gasteiger partial charge in [-0.2, -0.15) is 11.8 Å². The fraction of sp³-hybridized carbons (Fsp3) is 0.938. The topological polar surface area (TPSA) is 32.3 Å². The Balaban J connectivity index is 1.91. The average molecular weight is 298 g/mol. The molecule has 1 heterocycles. The van der Waals surface area contributed by atoms with Gasteiger partial charge in [0, 0.05) is 24.9 Å². The predicted octanol–water partition coefficient (Wildman–Crippen LogP) is 2.90. The van der Waals surface area contributed by atoms with Crippen molar-refractivity contribution in [2.45, 2.75) is 70.0 Å². The molecule has 0 aromatic carbocycles. The maximum Gasteiger partial charge on any atom is 0.239 e. The first kappa shape index (κ1) is 16.2. The maximum absolute atomic E-state index is 12.7. The maximum atomic E-state index is 12.7. The summed E-state index contributed by atoms with van der Waals surface area (Å²) < 4.78 is 0. The quantitative estimate of drug-likeness (QED) is 0.847. The summed E-state index contributed by atoms with van der Waals surface area (Å²) in [7, 11) is 1.99. The Kier molecular flexibility index (Phi) is 6.21. The molecule has 1 amide bonds. The predicted molar refractivity (Wildman–Crippen MR) is 87.1 cm³/mol. The van der Waals surface area contributed by atoms with Gasteiger partial charge in [0.2, 0.25) is 5.91 Å². The molecule has 1 saturated carbocycles. The highest BCUT2D eigenvalue weighted by atomic mass is 32.2. The van der Waals surface area contributed by atoms with Gasteiger partial charge in [-0.25, -0.2) is 0 Å². The van der Waals surface area contributed by atoms with Gasteiger partial charge >= 0.3 is 0 Å². The van der Waals surface area contributed by atoms with Gasteiger partial charge < -0.3 is 10.2 Å². The van der Waals surface area contributed by atoms with E-state index in [9.17, 15) is 4.79 Å². The van der Waals surface area contributed by atoms with Crippen LogP contribution in [0.1, 0.15) is 51.9 Å². The Morgan fingerprint density at radius 3 is 2.75 bits per heavy atom. The SMILES string of the molecule is CCC(CSC)N(C)C(=O)C1CCC2CCCCC2N1. The van der Waals surface area contributed by atoms with Gasteiger partial charge in [0.15, 0.2) is 0 Å². The lowest BCUT2D eigenvalue weighted by atomic mass is 9.77. The molecule has 1 N–H and O–H groups in total. The summed E-state index contributed by atoms with van der Waals surface area (Å²) in [5, 5.41) is 3.66. The van der Waals surface area contributed by atoms with Crippen LogP contribution in [0.25, 0.3) is 0 Å². The first-order valence-corrected chi connectivity index (χ1v) is 9.58. The third-order valence-corrected chi connectivity index (χ3v) is 5.89. The molecule has 116 valence electrons. The molecule has 0 spiro atoms. The summed E-state index contributed by atoms with van der Waals surface area (Å²) in [6, 6.07) is 1.04. The number of piperidine rings is 1. The van der Waals surface area contributed by atoms with E-state index in [1.54, 1.807) is 0 Å². The number of thioether (sulfide) groups is 1. The molecule has 1 aliphatic heterocycles. The van der Waals surface area contributed by atoms with Crippen molar-refractivity contribution in [1.29, 1.82) is 0 Å². The minimum absolute atomic E-state index is 0.0651. The van der Waals surface area contributed by atoms with Crippen molar-refractivity contribution in [2.75, 3.05) is 19.1 Å². The summed E-state index contributed by atoms with van der Waals surface area (Å²) >= 11 is 1.83. The molecular weight excluding hydrogens is 268 g/mol. The molecular formula is C16H30N2OS. The molecule has 4 atom stereocenters. The average Bonchev–Trinajstić information content (AvgIpc) is 2.50. The number of nitrogens with one attached hydrogen (secondary N) is 1. The number of nitrogens with zero attached hydrogens (tertiary/aromatic N) is 1. The largest absolute Gasteiger partial charge is 0.341 e. The van der Waals surface area contributed by atoms with Crippen molar-refractivity contribution in [2.24, 2.45) is 5.92 Å². The van der Waals surface area contributed by atoms with Crippen LogP contribution in [0.4, 0.5) is 0 Å². The lowest BCUT2D eigenvalue weighted by molar-refractivity contribution is -0.135. The lowest BCUT2D eigenvalue weighted by Crippen LogP contribution is -2.56. The molecule has 2 aliphatic rings. The van der Waals surface area contributed by atoms with Crippen LogP contribution in [0.3, 0.4) is 0 Å². The van der Waals surface area contributed by atoms with E-state index >= 15 is 0 Å². The summed E-state index contributed by atoms with van der Waals surface area (Å²) in [4.78, 5) is 14.7. The normalized spacial score (nSPS) is 31.4. The third kappa shape index (κ3) is 3.70. The van der Waals surface area contributed by atoms with E-state index in [2.05, 4.69) is 18.5 Å². The molecule has 0 bridgehead atoms. The van der Waals surface area contributed by atoms with Crippen molar-refractivity contribution in [3.63, 3.8) is 0 Å². The van der Waals surface area contributed by atoms with Crippen LogP contribution in [-0.4, -0.2) is 48.0 Å². The molecule has 1 saturated heterocycles. The Morgan fingerprint density at radius 2 is 2.05 bits per heavy atom. The highest BCUT2D eigenvalue weighted by Gasteiger charge is 2.36. The summed E-state index contributed by atoms with van der Waals surface area (Å²) in [5.41, 5.74) is 0. The van der Waals surface area contributed by atoms with Crippen LogP contribution in [0.2, 0.25) is 0 Å². The number of hydrogen-bond acceptors (Lipinski definition) is 3. The van der Waals surface area contributed by atoms with Crippen molar-refractivity contribution < 1.29 is 4.79 Å². The van der Waals surface area contributed by atoms with Crippen molar-refractivity contribution >= 4 is 17.7 Å². The molecule has 4 unspecified atom stereocenters. The first-order valence-electron chi connectivity index (χ1n) is 8.19. The van der Waals surface area contributed by atoms with Crippen molar-refractivity contribution in [3.05, 3.63) is 0 Å². The van der Waals surface area contributed by atoms with Crippen molar-refractivity contribution in [3.8, 4) is 0 Å². The van der Waals surface area contributed by atoms with E-state index in [0.717, 1.165) is 24.5 Å². The number of carbonyl (C=O) groups is 1. The third-order valence-electron chi connectivity index (χ3n) is 5.17. The monoisotopic (exact) mass is 298 g/mol. The van der Waals surface area contributed by atoms with E-state index in [1.165, 1.54) is 32.1 Å². The zero-order valence-electron chi connectivity index (χ0n) is 13.2. The van der Waals surface area contributed by atoms with Gasteiger partial charge in [-0.3, -0.25) is 4.79 Å². The van der Waals surface area contributed by atoms with Crippen LogP contribution in [0, 0.1) is 5.92 Å². The zero-order chi connectivity index (χ0) is 14.5. The van der Waals surface area contributed by atoms with Crippen LogP contribution in [-0.2, 0) is 4.79 Å². The second-order valence-corrected chi connectivity index (χ2v) is 7.32. The first-order chi connectivity index (χ1) is 9.67. The van der Waals surface area contributed by atoms with Gasteiger partial charge in [0.25, 0.3) is 0 Å². The molecule has 20 heavy (non-hydrogen) atoms. The van der Waals surface area contributed by atoms with E-state index in [-0.39, 0.29) is 6.04 Å². The van der Waals surface area contributed by atoms with E-state index in [4.69, 9.17) is 0 Å². The number of amides is 1. The molecule has 0 aromatic heterocycles. The summed E-state index contributed by atoms with van der Waals surface area (Å²) in [5.74, 6) is 2.18. The second kappa shape index (κ2) is 7.69. The van der Waals surface area contributed by atoms with Crippen LogP contribution < -0.4 is 5.32 Å². The Hall–Kier alpha value is -0.220. The summed E-state index contributed by atoms with van der Waals surface area (Å²) in [6.07, 6.45) is 10.8. The molecule has 0 radical (unpaired) electrons. The Morgan fingerprint density at radius 1 is 1.30 bits per heavy atom. The smallest absolute Gasteiger partial charge is 0.239 e. The minimum atomic E-state index is 0.0651. The lowest BCUT2D eigenvalue weighted by Gasteiger charge is -2.41. The number of carbonyl (C=O) groups excluding carboxylic acids is 1. The van der Waals surface area contributed by atoms with Crippen LogP contribution in [0.5, 0.6) is 0 Å². The second-order valence-electron chi connectivity index (χ2n) is 6.41. The number of rotatable bonds is 5. The molecule has 1 aliphatic carbocycles. The van der Waals surface area contributed by atoms with Gasteiger partial charge in [-0.05, 0) is 44.3 Å². The number of hydrogen-bond donors (Lipinski definition) is 1. The van der Waals surface area contributed by atoms with Gasteiger partial charge in [-0.1, -0.05) is 19.8 Å².